The zero-order valence-corrected chi connectivity index (χ0v) is 12.8. The molecule has 0 aromatic carbocycles. The molecule has 0 spiro atoms. The molecule has 0 radical (unpaired) electrons. The van der Waals surface area contributed by atoms with E-state index in [4.69, 9.17) is 9.84 Å². The number of hydrogen-bond donors (Lipinski definition) is 1. The third-order valence-corrected chi connectivity index (χ3v) is 5.75. The van der Waals surface area contributed by atoms with E-state index in [0.717, 1.165) is 25.5 Å². The quantitative estimate of drug-likeness (QED) is 0.877. The Labute approximate surface area is 128 Å². The van der Waals surface area contributed by atoms with Crippen LogP contribution >= 0.6 is 0 Å². The molecule has 1 aromatic rings. The number of aromatic carboxylic acids is 1. The molecule has 2 aliphatic heterocycles. The summed E-state index contributed by atoms with van der Waals surface area (Å²) in [5.74, 6) is -1.01. The van der Waals surface area contributed by atoms with Crippen LogP contribution in [0.4, 0.5) is 5.69 Å². The number of hydrogen-bond acceptors (Lipinski definition) is 5. The van der Waals surface area contributed by atoms with Gasteiger partial charge in [-0.2, -0.15) is 12.7 Å². The van der Waals surface area contributed by atoms with E-state index in [1.807, 2.05) is 0 Å². The second-order valence-corrected chi connectivity index (χ2v) is 7.09. The van der Waals surface area contributed by atoms with Crippen LogP contribution in [0.3, 0.4) is 0 Å². The Morgan fingerprint density at radius 3 is 2.64 bits per heavy atom. The Morgan fingerprint density at radius 2 is 1.95 bits per heavy atom. The highest BCUT2D eigenvalue weighted by atomic mass is 32.2. The Balaban J connectivity index is 1.99. The normalized spacial score (nSPS) is 19.4. The van der Waals surface area contributed by atoms with E-state index in [-0.39, 0.29) is 30.3 Å². The zero-order chi connectivity index (χ0) is 15.7. The molecule has 0 saturated carbocycles. The lowest BCUT2D eigenvalue weighted by molar-refractivity contribution is 0.0696. The van der Waals surface area contributed by atoms with E-state index in [9.17, 15) is 13.2 Å². The number of carbonyl (C=O) groups is 1. The molecule has 0 atom stereocenters. The second kappa shape index (κ2) is 5.73. The van der Waals surface area contributed by atoms with Gasteiger partial charge in [-0.1, -0.05) is 6.42 Å². The highest BCUT2D eigenvalue weighted by Gasteiger charge is 2.35. The van der Waals surface area contributed by atoms with E-state index in [0.29, 0.717) is 13.1 Å². The van der Waals surface area contributed by atoms with Gasteiger partial charge in [-0.25, -0.2) is 14.1 Å². The summed E-state index contributed by atoms with van der Waals surface area (Å²) >= 11 is 0. The predicted octanol–water partition coefficient (Wildman–Crippen LogP) is 0.709. The van der Waals surface area contributed by atoms with Crippen molar-refractivity contribution in [1.29, 1.82) is 0 Å². The Kier molecular flexibility index (Phi) is 3.92. The second-order valence-electron chi connectivity index (χ2n) is 5.24. The van der Waals surface area contributed by atoms with Gasteiger partial charge in [0.15, 0.2) is 0 Å². The Morgan fingerprint density at radius 1 is 1.23 bits per heavy atom. The number of ether oxygens (including phenoxy) is 1. The standard InChI is InChI=1S/C13H17N3O5S/c17-13(18)10-8-11-12(14-9-10)21-7-6-16(11)22(19,20)15-4-2-1-3-5-15/h8-9H,1-7H2,(H,17,18). The number of carboxylic acid groups (broad SMARTS) is 1. The summed E-state index contributed by atoms with van der Waals surface area (Å²) in [4.78, 5) is 15.0. The van der Waals surface area contributed by atoms with Gasteiger partial charge in [0.05, 0.1) is 12.1 Å². The van der Waals surface area contributed by atoms with Gasteiger partial charge in [0.25, 0.3) is 0 Å². The van der Waals surface area contributed by atoms with Gasteiger partial charge < -0.3 is 9.84 Å². The summed E-state index contributed by atoms with van der Waals surface area (Å²) in [7, 11) is -3.69. The van der Waals surface area contributed by atoms with Gasteiger partial charge >= 0.3 is 16.2 Å². The van der Waals surface area contributed by atoms with Crippen LogP contribution in [0.2, 0.25) is 0 Å². The molecule has 2 aliphatic rings. The largest absolute Gasteiger partial charge is 0.478 e. The van der Waals surface area contributed by atoms with Crippen molar-refractivity contribution < 1.29 is 23.1 Å². The molecule has 0 amide bonds. The number of piperidine rings is 1. The van der Waals surface area contributed by atoms with Gasteiger partial charge in [0.1, 0.15) is 12.3 Å². The zero-order valence-electron chi connectivity index (χ0n) is 11.9. The average Bonchev–Trinajstić information content (AvgIpc) is 2.54. The van der Waals surface area contributed by atoms with E-state index < -0.39 is 16.2 Å². The topological polar surface area (TPSA) is 100 Å². The summed E-state index contributed by atoms with van der Waals surface area (Å²) in [5.41, 5.74) is 0.125. The molecule has 1 saturated heterocycles. The van der Waals surface area contributed by atoms with Crippen LogP contribution in [0.1, 0.15) is 29.6 Å². The minimum absolute atomic E-state index is 0.0666. The first-order chi connectivity index (χ1) is 10.5. The molecule has 3 heterocycles. The molecular formula is C13H17N3O5S. The maximum absolute atomic E-state index is 12.8. The fraction of sp³-hybridized carbons (Fsp3) is 0.538. The van der Waals surface area contributed by atoms with E-state index >= 15 is 0 Å². The van der Waals surface area contributed by atoms with Gasteiger partial charge in [-0.05, 0) is 18.9 Å². The molecular weight excluding hydrogens is 310 g/mol. The van der Waals surface area contributed by atoms with Crippen molar-refractivity contribution in [3.05, 3.63) is 17.8 Å². The van der Waals surface area contributed by atoms with E-state index in [2.05, 4.69) is 4.98 Å². The summed E-state index contributed by atoms with van der Waals surface area (Å²) in [6, 6.07) is 1.30. The fourth-order valence-electron chi connectivity index (χ4n) is 2.67. The van der Waals surface area contributed by atoms with Gasteiger partial charge in [-0.15, -0.1) is 0 Å². The summed E-state index contributed by atoms with van der Waals surface area (Å²) < 4.78 is 33.6. The van der Waals surface area contributed by atoms with Crippen LogP contribution in [-0.2, 0) is 10.2 Å². The molecule has 3 rings (SSSR count). The molecule has 1 fully saturated rings. The first-order valence-corrected chi connectivity index (χ1v) is 8.54. The summed E-state index contributed by atoms with van der Waals surface area (Å²) in [6.45, 7) is 1.32. The maximum Gasteiger partial charge on any atom is 0.337 e. The molecule has 22 heavy (non-hydrogen) atoms. The Bertz CT molecular complexity index is 685. The van der Waals surface area contributed by atoms with Crippen molar-refractivity contribution >= 4 is 21.9 Å². The van der Waals surface area contributed by atoms with Crippen molar-refractivity contribution in [2.45, 2.75) is 19.3 Å². The van der Waals surface area contributed by atoms with Crippen LogP contribution in [0.25, 0.3) is 0 Å². The smallest absolute Gasteiger partial charge is 0.337 e. The molecule has 1 aromatic heterocycles. The third kappa shape index (κ3) is 2.61. The lowest BCUT2D eigenvalue weighted by Crippen LogP contribution is -2.49. The van der Waals surface area contributed by atoms with Crippen molar-refractivity contribution in [2.24, 2.45) is 0 Å². The first-order valence-electron chi connectivity index (χ1n) is 7.14. The number of anilines is 1. The number of carboxylic acids is 1. The molecule has 0 bridgehead atoms. The summed E-state index contributed by atoms with van der Waals surface area (Å²) in [5, 5.41) is 9.06. The lowest BCUT2D eigenvalue weighted by Gasteiger charge is -2.35. The maximum atomic E-state index is 12.8. The number of pyridine rings is 1. The molecule has 8 nitrogen and oxygen atoms in total. The number of rotatable bonds is 3. The van der Waals surface area contributed by atoms with Crippen molar-refractivity contribution in [2.75, 3.05) is 30.5 Å². The fourth-order valence-corrected chi connectivity index (χ4v) is 4.35. The van der Waals surface area contributed by atoms with Crippen LogP contribution in [0, 0.1) is 0 Å². The predicted molar refractivity (Wildman–Crippen MR) is 78.4 cm³/mol. The lowest BCUT2D eigenvalue weighted by atomic mass is 10.2. The first kappa shape index (κ1) is 15.0. The highest BCUT2D eigenvalue weighted by Crippen LogP contribution is 2.33. The SMILES string of the molecule is O=C(O)c1cnc2c(c1)N(S(=O)(=O)N1CCCCC1)CCO2. The van der Waals surface area contributed by atoms with Crippen molar-refractivity contribution in [1.82, 2.24) is 9.29 Å². The third-order valence-electron chi connectivity index (χ3n) is 3.80. The molecule has 120 valence electrons. The highest BCUT2D eigenvalue weighted by molar-refractivity contribution is 7.90. The van der Waals surface area contributed by atoms with Crippen LogP contribution < -0.4 is 9.04 Å². The molecule has 0 unspecified atom stereocenters. The van der Waals surface area contributed by atoms with E-state index in [1.54, 1.807) is 0 Å². The van der Waals surface area contributed by atoms with Crippen LogP contribution in [0.15, 0.2) is 12.3 Å². The van der Waals surface area contributed by atoms with Crippen molar-refractivity contribution in [3.8, 4) is 5.88 Å². The Hall–Kier alpha value is -1.87. The monoisotopic (exact) mass is 327 g/mol. The van der Waals surface area contributed by atoms with E-state index in [1.165, 1.54) is 14.7 Å². The molecule has 9 heteroatoms. The van der Waals surface area contributed by atoms with Gasteiger partial charge in [0, 0.05) is 19.3 Å². The number of nitrogens with zero attached hydrogens (tertiary/aromatic N) is 3. The minimum atomic E-state index is -3.69. The number of aromatic nitrogens is 1. The van der Waals surface area contributed by atoms with Gasteiger partial charge in [-0.3, -0.25) is 0 Å². The average molecular weight is 327 g/mol. The summed E-state index contributed by atoms with van der Waals surface area (Å²) in [6.07, 6.45) is 3.86. The molecule has 1 N–H and O–H groups in total. The van der Waals surface area contributed by atoms with Crippen LogP contribution in [-0.4, -0.2) is 55.0 Å². The van der Waals surface area contributed by atoms with Gasteiger partial charge in [0.2, 0.25) is 5.88 Å². The van der Waals surface area contributed by atoms with Crippen molar-refractivity contribution in [3.63, 3.8) is 0 Å². The molecule has 0 aliphatic carbocycles. The number of fused-ring (bicyclic) bond motifs is 1. The minimum Gasteiger partial charge on any atom is -0.478 e. The van der Waals surface area contributed by atoms with Crippen LogP contribution in [0.5, 0.6) is 5.88 Å².